The number of hydrogen-bond acceptors (Lipinski definition) is 9. The Morgan fingerprint density at radius 3 is 2.47 bits per heavy atom. The van der Waals surface area contributed by atoms with Crippen LogP contribution >= 0.6 is 27.3 Å². The van der Waals surface area contributed by atoms with E-state index in [-0.39, 0.29) is 9.77 Å². The predicted octanol–water partition coefficient (Wildman–Crippen LogP) is 3.61. The summed E-state index contributed by atoms with van der Waals surface area (Å²) < 4.78 is 37.9. The average molecular weight is 595 g/mol. The standard InChI is InChI=1S/C23H23BrN4O6S2/c1-27(17-6-3-15(4-7-17)23(30)33-2)36(31,32)19-13-18(35-21(19)24)22(29)26-16-5-8-20(25-14-16)28-9-11-34-12-10-28/h3-8,13-14H,9-12H2,1-2H3,(H,26,29). The molecule has 0 saturated carbocycles. The highest BCUT2D eigenvalue weighted by molar-refractivity contribution is 9.11. The molecule has 1 aromatic carbocycles. The topological polar surface area (TPSA) is 118 Å². The summed E-state index contributed by atoms with van der Waals surface area (Å²) in [6.45, 7) is 2.80. The van der Waals surface area contributed by atoms with E-state index in [0.29, 0.717) is 33.9 Å². The lowest BCUT2D eigenvalue weighted by atomic mass is 10.2. The molecule has 1 amide bonds. The summed E-state index contributed by atoms with van der Waals surface area (Å²) in [5.41, 5.74) is 1.14. The van der Waals surface area contributed by atoms with E-state index in [1.807, 2.05) is 6.07 Å². The van der Waals surface area contributed by atoms with E-state index in [4.69, 9.17) is 4.74 Å². The third-order valence-corrected chi connectivity index (χ3v) is 9.55. The van der Waals surface area contributed by atoms with Gasteiger partial charge >= 0.3 is 5.97 Å². The fourth-order valence-electron chi connectivity index (χ4n) is 3.48. The van der Waals surface area contributed by atoms with Gasteiger partial charge < -0.3 is 19.7 Å². The summed E-state index contributed by atoms with van der Waals surface area (Å²) in [4.78, 5) is 31.2. The quantitative estimate of drug-likeness (QED) is 0.412. The maximum atomic E-state index is 13.3. The first-order valence-electron chi connectivity index (χ1n) is 10.8. The Hall–Kier alpha value is -3.00. The van der Waals surface area contributed by atoms with Crippen LogP contribution < -0.4 is 14.5 Å². The van der Waals surface area contributed by atoms with Gasteiger partial charge in [0.25, 0.3) is 15.9 Å². The van der Waals surface area contributed by atoms with Crippen molar-refractivity contribution in [2.45, 2.75) is 4.90 Å². The Morgan fingerprint density at radius 1 is 1.17 bits per heavy atom. The van der Waals surface area contributed by atoms with Gasteiger partial charge in [-0.2, -0.15) is 0 Å². The number of carbonyl (C=O) groups excluding carboxylic acids is 2. The normalized spacial score (nSPS) is 13.8. The number of carbonyl (C=O) groups is 2. The minimum Gasteiger partial charge on any atom is -0.465 e. The molecule has 1 aliphatic heterocycles. The van der Waals surface area contributed by atoms with E-state index in [0.717, 1.165) is 34.5 Å². The third kappa shape index (κ3) is 5.53. The molecule has 3 aromatic rings. The Kier molecular flexibility index (Phi) is 7.93. The molecule has 0 atom stereocenters. The number of ether oxygens (including phenoxy) is 2. The fraction of sp³-hybridized carbons (Fsp3) is 0.261. The maximum absolute atomic E-state index is 13.3. The number of thiophene rings is 1. The zero-order valence-corrected chi connectivity index (χ0v) is 22.7. The van der Waals surface area contributed by atoms with Gasteiger partial charge in [-0.25, -0.2) is 18.2 Å². The summed E-state index contributed by atoms with van der Waals surface area (Å²) in [5, 5.41) is 2.76. The van der Waals surface area contributed by atoms with Crippen molar-refractivity contribution in [2.75, 3.05) is 55.0 Å². The van der Waals surface area contributed by atoms with E-state index in [2.05, 4.69) is 35.9 Å². The van der Waals surface area contributed by atoms with Crippen molar-refractivity contribution in [2.24, 2.45) is 0 Å². The van der Waals surface area contributed by atoms with Gasteiger partial charge in [-0.05, 0) is 58.4 Å². The lowest BCUT2D eigenvalue weighted by Crippen LogP contribution is -2.36. The SMILES string of the molecule is COC(=O)c1ccc(N(C)S(=O)(=O)c2cc(C(=O)Nc3ccc(N4CCOCC4)nc3)sc2Br)cc1. The number of morpholine rings is 1. The number of nitrogens with zero attached hydrogens (tertiary/aromatic N) is 3. The molecule has 2 aromatic heterocycles. The molecule has 10 nitrogen and oxygen atoms in total. The Balaban J connectivity index is 1.48. The number of esters is 1. The Morgan fingerprint density at radius 2 is 1.86 bits per heavy atom. The molecule has 0 unspecified atom stereocenters. The fourth-order valence-corrected chi connectivity index (χ4v) is 7.09. The van der Waals surface area contributed by atoms with Crippen LogP contribution in [-0.4, -0.2) is 65.7 Å². The minimum absolute atomic E-state index is 0.0435. The highest BCUT2D eigenvalue weighted by Crippen LogP contribution is 2.35. The largest absolute Gasteiger partial charge is 0.465 e. The Bertz CT molecular complexity index is 1350. The zero-order chi connectivity index (χ0) is 25.9. The number of nitrogens with one attached hydrogen (secondary N) is 1. The monoisotopic (exact) mass is 594 g/mol. The number of halogens is 1. The van der Waals surface area contributed by atoms with Crippen LogP contribution in [0.3, 0.4) is 0 Å². The molecular formula is C23H23BrN4O6S2. The van der Waals surface area contributed by atoms with E-state index in [9.17, 15) is 18.0 Å². The molecule has 0 spiro atoms. The van der Waals surface area contributed by atoms with Crippen LogP contribution in [0.5, 0.6) is 0 Å². The van der Waals surface area contributed by atoms with Crippen LogP contribution in [0.4, 0.5) is 17.2 Å². The molecule has 1 N–H and O–H groups in total. The zero-order valence-electron chi connectivity index (χ0n) is 19.4. The van der Waals surface area contributed by atoms with E-state index >= 15 is 0 Å². The van der Waals surface area contributed by atoms with Crippen LogP contribution in [0, 0.1) is 0 Å². The number of pyridine rings is 1. The lowest BCUT2D eigenvalue weighted by Gasteiger charge is -2.27. The maximum Gasteiger partial charge on any atom is 0.337 e. The number of hydrogen-bond donors (Lipinski definition) is 1. The van der Waals surface area contributed by atoms with Crippen LogP contribution in [0.2, 0.25) is 0 Å². The van der Waals surface area contributed by atoms with Crippen molar-refractivity contribution >= 4 is 66.4 Å². The molecule has 1 aliphatic rings. The summed E-state index contributed by atoms with van der Waals surface area (Å²) >= 11 is 4.30. The molecule has 3 heterocycles. The molecule has 1 fully saturated rings. The second kappa shape index (κ2) is 10.9. The van der Waals surface area contributed by atoms with Crippen molar-refractivity contribution in [3.8, 4) is 0 Å². The molecule has 0 aliphatic carbocycles. The van der Waals surface area contributed by atoms with Crippen molar-refractivity contribution < 1.29 is 27.5 Å². The third-order valence-electron chi connectivity index (χ3n) is 5.51. The summed E-state index contributed by atoms with van der Waals surface area (Å²) in [5.74, 6) is -0.173. The number of sulfonamides is 1. The summed E-state index contributed by atoms with van der Waals surface area (Å²) in [6.07, 6.45) is 1.56. The minimum atomic E-state index is -3.99. The molecule has 0 radical (unpaired) electrons. The van der Waals surface area contributed by atoms with Crippen LogP contribution in [-0.2, 0) is 19.5 Å². The summed E-state index contributed by atoms with van der Waals surface area (Å²) in [7, 11) is -1.33. The first kappa shape index (κ1) is 26.1. The molecule has 0 bridgehead atoms. The van der Waals surface area contributed by atoms with E-state index in [1.165, 1.54) is 44.5 Å². The van der Waals surface area contributed by atoms with Gasteiger partial charge in [-0.1, -0.05) is 0 Å². The smallest absolute Gasteiger partial charge is 0.337 e. The van der Waals surface area contributed by atoms with Crippen molar-refractivity contribution in [3.05, 3.63) is 62.9 Å². The van der Waals surface area contributed by atoms with Gasteiger partial charge in [0.1, 0.15) is 10.7 Å². The number of anilines is 3. The van der Waals surface area contributed by atoms with E-state index < -0.39 is 21.9 Å². The molecule has 4 rings (SSSR count). The average Bonchev–Trinajstić information content (AvgIpc) is 3.31. The molecule has 1 saturated heterocycles. The second-order valence-corrected chi connectivity index (χ2v) is 12.0. The van der Waals surface area contributed by atoms with Gasteiger partial charge in [0, 0.05) is 20.1 Å². The van der Waals surface area contributed by atoms with Gasteiger partial charge in [-0.15, -0.1) is 11.3 Å². The number of aromatic nitrogens is 1. The van der Waals surface area contributed by atoms with Gasteiger partial charge in [0.2, 0.25) is 0 Å². The van der Waals surface area contributed by atoms with Crippen LogP contribution in [0.15, 0.2) is 57.3 Å². The van der Waals surface area contributed by atoms with Gasteiger partial charge in [0.15, 0.2) is 0 Å². The number of methoxy groups -OCH3 is 1. The Labute approximate surface area is 221 Å². The van der Waals surface area contributed by atoms with E-state index in [1.54, 1.807) is 12.3 Å². The molecule has 13 heteroatoms. The summed E-state index contributed by atoms with van der Waals surface area (Å²) in [6, 6.07) is 10.9. The van der Waals surface area contributed by atoms with Crippen molar-refractivity contribution in [1.29, 1.82) is 0 Å². The van der Waals surface area contributed by atoms with Crippen LogP contribution in [0.25, 0.3) is 0 Å². The van der Waals surface area contributed by atoms with Gasteiger partial charge in [0.05, 0.1) is 52.1 Å². The lowest BCUT2D eigenvalue weighted by molar-refractivity contribution is 0.0600. The molecule has 36 heavy (non-hydrogen) atoms. The van der Waals surface area contributed by atoms with Crippen LogP contribution in [0.1, 0.15) is 20.0 Å². The first-order chi connectivity index (χ1) is 17.2. The van der Waals surface area contributed by atoms with Gasteiger partial charge in [-0.3, -0.25) is 9.10 Å². The highest BCUT2D eigenvalue weighted by atomic mass is 79.9. The number of rotatable bonds is 7. The molecule has 190 valence electrons. The number of amides is 1. The van der Waals surface area contributed by atoms with Crippen molar-refractivity contribution in [3.63, 3.8) is 0 Å². The predicted molar refractivity (Wildman–Crippen MR) is 141 cm³/mol. The number of benzene rings is 1. The molecular weight excluding hydrogens is 572 g/mol. The second-order valence-electron chi connectivity index (χ2n) is 7.72. The first-order valence-corrected chi connectivity index (χ1v) is 13.8. The highest BCUT2D eigenvalue weighted by Gasteiger charge is 2.28. The van der Waals surface area contributed by atoms with Crippen molar-refractivity contribution in [1.82, 2.24) is 4.98 Å².